The average molecular weight is 283 g/mol. The van der Waals surface area contributed by atoms with E-state index in [-0.39, 0.29) is 5.91 Å². The minimum atomic E-state index is 0.0956. The third kappa shape index (κ3) is 2.82. The van der Waals surface area contributed by atoms with Gasteiger partial charge in [-0.1, -0.05) is 6.07 Å². The molecule has 1 fully saturated rings. The van der Waals surface area contributed by atoms with Crippen LogP contribution >= 0.6 is 0 Å². The van der Waals surface area contributed by atoms with Gasteiger partial charge in [-0.25, -0.2) is 4.98 Å². The van der Waals surface area contributed by atoms with Crippen LogP contribution in [0.5, 0.6) is 0 Å². The van der Waals surface area contributed by atoms with Crippen LogP contribution in [0.25, 0.3) is 11.0 Å². The second kappa shape index (κ2) is 5.44. The van der Waals surface area contributed by atoms with E-state index in [2.05, 4.69) is 16.4 Å². The molecule has 6 heteroatoms. The summed E-state index contributed by atoms with van der Waals surface area (Å²) in [5.74, 6) is 0.480. The van der Waals surface area contributed by atoms with E-state index in [1.54, 1.807) is 6.07 Å². The molecule has 0 saturated heterocycles. The molecule has 0 bridgehead atoms. The van der Waals surface area contributed by atoms with Crippen molar-refractivity contribution in [3.05, 3.63) is 23.8 Å². The molecule has 0 radical (unpaired) electrons. The lowest BCUT2D eigenvalue weighted by Gasteiger charge is -2.07. The molecule has 1 heterocycles. The maximum Gasteiger partial charge on any atom is 0.220 e. The van der Waals surface area contributed by atoms with Crippen LogP contribution in [0, 0.1) is 11.3 Å². The van der Waals surface area contributed by atoms with E-state index in [0.717, 1.165) is 18.4 Å². The molecular formula is C15H17N5O. The quantitative estimate of drug-likeness (QED) is 0.870. The lowest BCUT2D eigenvalue weighted by molar-refractivity contribution is -0.121. The van der Waals surface area contributed by atoms with Gasteiger partial charge >= 0.3 is 0 Å². The molecule has 0 spiro atoms. The Labute approximate surface area is 122 Å². The number of imidazole rings is 1. The lowest BCUT2D eigenvalue weighted by Crippen LogP contribution is -2.25. The highest BCUT2D eigenvalue weighted by Gasteiger charge is 2.22. The SMILES string of the molecule is N#Cc1cccc2c1nc(N)n2CCCC(=O)NC1CC1. The van der Waals surface area contributed by atoms with Crippen LogP contribution in [0.3, 0.4) is 0 Å². The summed E-state index contributed by atoms with van der Waals surface area (Å²) in [4.78, 5) is 15.9. The Kier molecular flexibility index (Phi) is 3.48. The minimum Gasteiger partial charge on any atom is -0.369 e. The van der Waals surface area contributed by atoms with E-state index in [1.165, 1.54) is 0 Å². The number of nitrogens with one attached hydrogen (secondary N) is 1. The van der Waals surface area contributed by atoms with E-state index >= 15 is 0 Å². The molecule has 108 valence electrons. The predicted molar refractivity (Wildman–Crippen MR) is 79.3 cm³/mol. The van der Waals surface area contributed by atoms with Crippen molar-refractivity contribution in [1.29, 1.82) is 5.26 Å². The summed E-state index contributed by atoms with van der Waals surface area (Å²) in [6.45, 7) is 0.620. The molecule has 1 aromatic heterocycles. The normalized spacial score (nSPS) is 14.0. The topological polar surface area (TPSA) is 96.7 Å². The molecule has 0 aliphatic heterocycles. The third-order valence-corrected chi connectivity index (χ3v) is 3.66. The number of anilines is 1. The van der Waals surface area contributed by atoms with Gasteiger partial charge in [-0.15, -0.1) is 0 Å². The zero-order chi connectivity index (χ0) is 14.8. The lowest BCUT2D eigenvalue weighted by atomic mass is 10.2. The largest absolute Gasteiger partial charge is 0.369 e. The van der Waals surface area contributed by atoms with Gasteiger partial charge in [0, 0.05) is 19.0 Å². The molecule has 0 atom stereocenters. The second-order valence-corrected chi connectivity index (χ2v) is 5.35. The van der Waals surface area contributed by atoms with Gasteiger partial charge in [0.1, 0.15) is 11.6 Å². The van der Waals surface area contributed by atoms with Crippen LogP contribution in [-0.2, 0) is 11.3 Å². The molecule has 2 aromatic rings. The van der Waals surface area contributed by atoms with E-state index in [0.29, 0.717) is 42.5 Å². The first-order valence-corrected chi connectivity index (χ1v) is 7.13. The fourth-order valence-corrected chi connectivity index (χ4v) is 2.42. The molecule has 1 saturated carbocycles. The van der Waals surface area contributed by atoms with Gasteiger partial charge in [-0.2, -0.15) is 5.26 Å². The van der Waals surface area contributed by atoms with Gasteiger partial charge in [0.15, 0.2) is 0 Å². The number of fused-ring (bicyclic) bond motifs is 1. The zero-order valence-electron chi connectivity index (χ0n) is 11.7. The van der Waals surface area contributed by atoms with Crippen LogP contribution in [0.15, 0.2) is 18.2 Å². The van der Waals surface area contributed by atoms with Gasteiger partial charge in [-0.05, 0) is 31.4 Å². The Hall–Kier alpha value is -2.55. The highest BCUT2D eigenvalue weighted by Crippen LogP contribution is 2.22. The van der Waals surface area contributed by atoms with Gasteiger partial charge in [0.2, 0.25) is 11.9 Å². The predicted octanol–water partition coefficient (Wildman–Crippen LogP) is 1.55. The van der Waals surface area contributed by atoms with Crippen LogP contribution in [-0.4, -0.2) is 21.5 Å². The van der Waals surface area contributed by atoms with Crippen molar-refractivity contribution in [2.45, 2.75) is 38.3 Å². The number of benzene rings is 1. The van der Waals surface area contributed by atoms with E-state index in [1.807, 2.05) is 16.7 Å². The Bertz CT molecular complexity index is 723. The minimum absolute atomic E-state index is 0.0956. The molecule has 6 nitrogen and oxygen atoms in total. The fraction of sp³-hybridized carbons (Fsp3) is 0.400. The molecule has 3 N–H and O–H groups in total. The molecule has 0 unspecified atom stereocenters. The van der Waals surface area contributed by atoms with Crippen LogP contribution in [0.4, 0.5) is 5.95 Å². The molecule has 1 aliphatic rings. The molecule has 1 amide bonds. The summed E-state index contributed by atoms with van der Waals surface area (Å²) >= 11 is 0. The fourth-order valence-electron chi connectivity index (χ4n) is 2.42. The molecule has 1 aromatic carbocycles. The Morgan fingerprint density at radius 2 is 2.33 bits per heavy atom. The van der Waals surface area contributed by atoms with Crippen LogP contribution in [0.2, 0.25) is 0 Å². The summed E-state index contributed by atoms with van der Waals surface area (Å²) in [6.07, 6.45) is 3.38. The monoisotopic (exact) mass is 283 g/mol. The summed E-state index contributed by atoms with van der Waals surface area (Å²) in [5, 5.41) is 12.0. The first-order chi connectivity index (χ1) is 10.2. The zero-order valence-corrected chi connectivity index (χ0v) is 11.7. The molecule has 21 heavy (non-hydrogen) atoms. The Morgan fingerprint density at radius 3 is 3.05 bits per heavy atom. The van der Waals surface area contributed by atoms with Gasteiger partial charge in [0.25, 0.3) is 0 Å². The van der Waals surface area contributed by atoms with Crippen molar-refractivity contribution < 1.29 is 4.79 Å². The number of para-hydroxylation sites is 1. The van der Waals surface area contributed by atoms with Crippen molar-refractivity contribution in [1.82, 2.24) is 14.9 Å². The number of carbonyl (C=O) groups excluding carboxylic acids is 1. The first-order valence-electron chi connectivity index (χ1n) is 7.13. The van der Waals surface area contributed by atoms with Crippen molar-refractivity contribution >= 4 is 22.9 Å². The number of carbonyl (C=O) groups is 1. The summed E-state index contributed by atoms with van der Waals surface area (Å²) in [5.41, 5.74) is 7.91. The van der Waals surface area contributed by atoms with E-state index in [9.17, 15) is 4.79 Å². The standard InChI is InChI=1S/C15H17N5O/c16-9-10-3-1-4-12-14(10)19-15(17)20(12)8-2-5-13(21)18-11-6-7-11/h1,3-4,11H,2,5-8H2,(H2,17,19)(H,18,21). The highest BCUT2D eigenvalue weighted by atomic mass is 16.1. The van der Waals surface area contributed by atoms with Crippen molar-refractivity contribution in [3.8, 4) is 6.07 Å². The summed E-state index contributed by atoms with van der Waals surface area (Å²) < 4.78 is 1.86. The number of hydrogen-bond acceptors (Lipinski definition) is 4. The maximum atomic E-state index is 11.7. The van der Waals surface area contributed by atoms with Crippen LogP contribution < -0.4 is 11.1 Å². The van der Waals surface area contributed by atoms with Crippen LogP contribution in [0.1, 0.15) is 31.2 Å². The van der Waals surface area contributed by atoms with Gasteiger partial charge in [-0.3, -0.25) is 4.79 Å². The Balaban J connectivity index is 1.70. The number of nitrogen functional groups attached to an aromatic ring is 1. The summed E-state index contributed by atoms with van der Waals surface area (Å²) in [6, 6.07) is 7.95. The average Bonchev–Trinajstić information content (AvgIpc) is 3.22. The summed E-state index contributed by atoms with van der Waals surface area (Å²) in [7, 11) is 0. The van der Waals surface area contributed by atoms with Gasteiger partial charge in [0.05, 0.1) is 11.1 Å². The number of nitrogens with two attached hydrogens (primary N) is 1. The molecule has 3 rings (SSSR count). The van der Waals surface area contributed by atoms with Gasteiger partial charge < -0.3 is 15.6 Å². The smallest absolute Gasteiger partial charge is 0.220 e. The number of amides is 1. The number of aromatic nitrogens is 2. The van der Waals surface area contributed by atoms with Crippen molar-refractivity contribution in [2.75, 3.05) is 5.73 Å². The number of hydrogen-bond donors (Lipinski definition) is 2. The maximum absolute atomic E-state index is 11.7. The number of aryl methyl sites for hydroxylation is 1. The molecule has 1 aliphatic carbocycles. The van der Waals surface area contributed by atoms with Crippen molar-refractivity contribution in [2.24, 2.45) is 0 Å². The number of nitriles is 1. The third-order valence-electron chi connectivity index (χ3n) is 3.66. The highest BCUT2D eigenvalue weighted by molar-refractivity contribution is 5.84. The first kappa shape index (κ1) is 13.4. The number of rotatable bonds is 5. The molecular weight excluding hydrogens is 266 g/mol. The van der Waals surface area contributed by atoms with E-state index < -0.39 is 0 Å². The van der Waals surface area contributed by atoms with Crippen molar-refractivity contribution in [3.63, 3.8) is 0 Å². The Morgan fingerprint density at radius 1 is 1.52 bits per heavy atom. The van der Waals surface area contributed by atoms with E-state index in [4.69, 9.17) is 11.0 Å². The second-order valence-electron chi connectivity index (χ2n) is 5.35. The number of nitrogens with zero attached hydrogens (tertiary/aromatic N) is 3.